The van der Waals surface area contributed by atoms with E-state index < -0.39 is 0 Å². The molecule has 1 aliphatic heterocycles. The lowest BCUT2D eigenvalue weighted by atomic mass is 9.98. The van der Waals surface area contributed by atoms with Crippen LogP contribution in [0.15, 0.2) is 6.20 Å². The second-order valence-electron chi connectivity index (χ2n) is 5.83. The van der Waals surface area contributed by atoms with E-state index in [-0.39, 0.29) is 42.2 Å². The van der Waals surface area contributed by atoms with Gasteiger partial charge >= 0.3 is 0 Å². The molecule has 0 aromatic carbocycles. The third-order valence-corrected chi connectivity index (χ3v) is 4.53. The van der Waals surface area contributed by atoms with Crippen molar-refractivity contribution in [2.45, 2.75) is 39.2 Å². The minimum Gasteiger partial charge on any atom is -0.333 e. The molecule has 116 valence electrons. The number of nitrogens with zero attached hydrogens (tertiary/aromatic N) is 2. The summed E-state index contributed by atoms with van der Waals surface area (Å²) in [6, 6.07) is 0.256. The Morgan fingerprint density at radius 3 is 2.60 bits per heavy atom. The lowest BCUT2D eigenvalue weighted by Crippen LogP contribution is -2.52. The first kappa shape index (κ1) is 19.6. The van der Waals surface area contributed by atoms with Crippen LogP contribution >= 0.6 is 36.2 Å². The third kappa shape index (κ3) is 4.32. The molecular weight excluding hydrogens is 317 g/mol. The van der Waals surface area contributed by atoms with Crippen molar-refractivity contribution in [3.05, 3.63) is 16.1 Å². The van der Waals surface area contributed by atoms with E-state index in [0.29, 0.717) is 0 Å². The maximum Gasteiger partial charge on any atom is 0.265 e. The minimum atomic E-state index is 0. The highest BCUT2D eigenvalue weighted by Gasteiger charge is 2.27. The molecule has 0 radical (unpaired) electrons. The molecule has 1 N–H and O–H groups in total. The molecule has 1 fully saturated rings. The summed E-state index contributed by atoms with van der Waals surface area (Å²) in [4.78, 5) is 19.5. The summed E-state index contributed by atoms with van der Waals surface area (Å²) in [5.74, 6) is 0.122. The van der Waals surface area contributed by atoms with E-state index in [0.717, 1.165) is 29.5 Å². The van der Waals surface area contributed by atoms with Gasteiger partial charge in [-0.15, -0.1) is 36.2 Å². The molecule has 0 bridgehead atoms. The summed E-state index contributed by atoms with van der Waals surface area (Å²) in [6.45, 7) is 11.0. The van der Waals surface area contributed by atoms with Crippen molar-refractivity contribution in [3.8, 4) is 0 Å². The molecular formula is C13H23Cl2N3OS. The number of aromatic nitrogens is 1. The average Bonchev–Trinajstić information content (AvgIpc) is 2.77. The molecule has 1 saturated heterocycles. The van der Waals surface area contributed by atoms with E-state index in [4.69, 9.17) is 0 Å². The van der Waals surface area contributed by atoms with Crippen LogP contribution in [0.25, 0.3) is 0 Å². The fourth-order valence-electron chi connectivity index (χ4n) is 2.00. The van der Waals surface area contributed by atoms with Gasteiger partial charge in [-0.3, -0.25) is 4.79 Å². The predicted molar refractivity (Wildman–Crippen MR) is 88.7 cm³/mol. The molecule has 1 aliphatic rings. The summed E-state index contributed by atoms with van der Waals surface area (Å²) >= 11 is 1.52. The van der Waals surface area contributed by atoms with E-state index in [1.54, 1.807) is 6.20 Å². The summed E-state index contributed by atoms with van der Waals surface area (Å²) < 4.78 is 0. The zero-order valence-corrected chi connectivity index (χ0v) is 14.8. The van der Waals surface area contributed by atoms with Gasteiger partial charge in [0.2, 0.25) is 0 Å². The molecule has 0 spiro atoms. The maximum atomic E-state index is 12.4. The number of carbonyl (C=O) groups is 1. The minimum absolute atomic E-state index is 0. The maximum absolute atomic E-state index is 12.4. The number of amides is 1. The number of nitrogens with one attached hydrogen (secondary N) is 1. The van der Waals surface area contributed by atoms with Crippen LogP contribution in [0.2, 0.25) is 0 Å². The van der Waals surface area contributed by atoms with Crippen LogP contribution in [0.3, 0.4) is 0 Å². The highest BCUT2D eigenvalue weighted by atomic mass is 35.5. The topological polar surface area (TPSA) is 45.2 Å². The molecule has 0 aliphatic carbocycles. The van der Waals surface area contributed by atoms with Crippen molar-refractivity contribution in [3.63, 3.8) is 0 Å². The molecule has 2 heterocycles. The van der Waals surface area contributed by atoms with Gasteiger partial charge in [0.1, 0.15) is 4.88 Å². The molecule has 20 heavy (non-hydrogen) atoms. The van der Waals surface area contributed by atoms with Gasteiger partial charge in [-0.25, -0.2) is 4.98 Å². The fraction of sp³-hybridized carbons (Fsp3) is 0.692. The van der Waals surface area contributed by atoms with Gasteiger partial charge in [0, 0.05) is 31.1 Å². The largest absolute Gasteiger partial charge is 0.333 e. The predicted octanol–water partition coefficient (Wildman–Crippen LogP) is 2.72. The van der Waals surface area contributed by atoms with Crippen molar-refractivity contribution in [2.75, 3.05) is 19.6 Å². The Morgan fingerprint density at radius 1 is 1.45 bits per heavy atom. The molecule has 1 atom stereocenters. The number of hydrogen-bond donors (Lipinski definition) is 1. The van der Waals surface area contributed by atoms with Crippen LogP contribution in [0.1, 0.15) is 42.4 Å². The van der Waals surface area contributed by atoms with Crippen molar-refractivity contribution in [2.24, 2.45) is 0 Å². The Balaban J connectivity index is 0.00000180. The average molecular weight is 340 g/mol. The van der Waals surface area contributed by atoms with Crippen LogP contribution in [-0.4, -0.2) is 41.5 Å². The molecule has 0 saturated carbocycles. The Bertz CT molecular complexity index is 445. The first-order chi connectivity index (χ1) is 8.39. The number of piperazine rings is 1. The van der Waals surface area contributed by atoms with E-state index in [1.807, 2.05) is 4.90 Å². The normalized spacial score (nSPS) is 19.0. The van der Waals surface area contributed by atoms with Gasteiger partial charge in [0.25, 0.3) is 5.91 Å². The zero-order valence-electron chi connectivity index (χ0n) is 12.3. The van der Waals surface area contributed by atoms with Crippen LogP contribution in [0.5, 0.6) is 0 Å². The number of hydrogen-bond acceptors (Lipinski definition) is 4. The van der Waals surface area contributed by atoms with Crippen LogP contribution < -0.4 is 5.32 Å². The van der Waals surface area contributed by atoms with E-state index in [2.05, 4.69) is 38.0 Å². The van der Waals surface area contributed by atoms with Gasteiger partial charge in [0.15, 0.2) is 0 Å². The second-order valence-corrected chi connectivity index (χ2v) is 6.86. The van der Waals surface area contributed by atoms with Crippen LogP contribution in [0, 0.1) is 0 Å². The third-order valence-electron chi connectivity index (χ3n) is 3.12. The Kier molecular flexibility index (Phi) is 7.46. The van der Waals surface area contributed by atoms with Gasteiger partial charge in [-0.2, -0.15) is 0 Å². The van der Waals surface area contributed by atoms with Gasteiger partial charge < -0.3 is 10.2 Å². The molecule has 4 nitrogen and oxygen atoms in total. The monoisotopic (exact) mass is 339 g/mol. The van der Waals surface area contributed by atoms with Gasteiger partial charge in [-0.1, -0.05) is 20.8 Å². The number of halogens is 2. The highest BCUT2D eigenvalue weighted by Crippen LogP contribution is 2.27. The van der Waals surface area contributed by atoms with E-state index >= 15 is 0 Å². The smallest absolute Gasteiger partial charge is 0.265 e. The molecule has 1 aromatic heterocycles. The first-order valence-corrected chi connectivity index (χ1v) is 7.19. The van der Waals surface area contributed by atoms with Crippen molar-refractivity contribution >= 4 is 42.1 Å². The number of rotatable bonds is 1. The zero-order chi connectivity index (χ0) is 13.3. The van der Waals surface area contributed by atoms with Gasteiger partial charge in [0.05, 0.1) is 11.2 Å². The van der Waals surface area contributed by atoms with Crippen LogP contribution in [-0.2, 0) is 5.41 Å². The summed E-state index contributed by atoms with van der Waals surface area (Å²) in [6.07, 6.45) is 1.72. The van der Waals surface area contributed by atoms with E-state index in [1.165, 1.54) is 11.3 Å². The van der Waals surface area contributed by atoms with Crippen molar-refractivity contribution in [1.82, 2.24) is 15.2 Å². The standard InChI is InChI=1S/C13H21N3OS.2ClH/c1-9-7-14-5-6-16(9)11(17)10-8-15-12(18-10)13(2,3)4;;/h8-9,14H,5-7H2,1-4H3;2*1H/t9-;;/m0../s1. The van der Waals surface area contributed by atoms with Gasteiger partial charge in [-0.05, 0) is 6.92 Å². The molecule has 0 unspecified atom stereocenters. The summed E-state index contributed by atoms with van der Waals surface area (Å²) in [5, 5.41) is 4.32. The van der Waals surface area contributed by atoms with Crippen LogP contribution in [0.4, 0.5) is 0 Å². The SMILES string of the molecule is C[C@H]1CNCCN1C(=O)c1cnc(C(C)(C)C)s1.Cl.Cl. The number of carbonyl (C=O) groups excluding carboxylic acids is 1. The lowest BCUT2D eigenvalue weighted by molar-refractivity contribution is 0.0660. The molecule has 1 amide bonds. The summed E-state index contributed by atoms with van der Waals surface area (Å²) in [7, 11) is 0. The molecule has 1 aromatic rings. The fourth-order valence-corrected chi connectivity index (χ4v) is 2.93. The lowest BCUT2D eigenvalue weighted by Gasteiger charge is -2.33. The van der Waals surface area contributed by atoms with E-state index in [9.17, 15) is 4.79 Å². The Morgan fingerprint density at radius 2 is 2.10 bits per heavy atom. The Labute approximate surface area is 137 Å². The highest BCUT2D eigenvalue weighted by molar-refractivity contribution is 7.13. The quantitative estimate of drug-likeness (QED) is 0.855. The Hall–Kier alpha value is -0.360. The number of thiazole rings is 1. The second kappa shape index (κ2) is 7.59. The molecule has 2 rings (SSSR count). The summed E-state index contributed by atoms with van der Waals surface area (Å²) in [5.41, 5.74) is 0.0122. The van der Waals surface area contributed by atoms with Crippen molar-refractivity contribution < 1.29 is 4.79 Å². The molecule has 7 heteroatoms. The first-order valence-electron chi connectivity index (χ1n) is 6.37. The van der Waals surface area contributed by atoms with Crippen molar-refractivity contribution in [1.29, 1.82) is 0 Å².